The number of halogens is 3. The van der Waals surface area contributed by atoms with E-state index in [-0.39, 0.29) is 72.1 Å². The summed E-state index contributed by atoms with van der Waals surface area (Å²) in [6, 6.07) is 0. The van der Waals surface area contributed by atoms with Gasteiger partial charge in [-0.25, -0.2) is 0 Å². The molecule has 0 aliphatic carbocycles. The Morgan fingerprint density at radius 1 is 0.750 bits per heavy atom. The van der Waals surface area contributed by atoms with Gasteiger partial charge in [-0.1, -0.05) is 0 Å². The van der Waals surface area contributed by atoms with Crippen LogP contribution >= 0.6 is 93.8 Å². The van der Waals surface area contributed by atoms with E-state index in [1.54, 1.807) is 0 Å². The van der Waals surface area contributed by atoms with Gasteiger partial charge in [-0.3, -0.25) is 48.4 Å². The molecule has 3 unspecified atom stereocenters. The number of carbonyl (C=O) groups excluding carboxylic acids is 6. The highest BCUT2D eigenvalue weighted by molar-refractivity contribution is 14.1. The topological polar surface area (TPSA) is 127 Å². The molecule has 3 atom stereocenters. The van der Waals surface area contributed by atoms with Crippen molar-refractivity contribution in [3.05, 3.63) is 34.5 Å². The van der Waals surface area contributed by atoms with Gasteiger partial charge in [-0.05, 0) is 0 Å². The maximum Gasteiger partial charge on any atom is 0.278 e. The minimum absolute atomic E-state index is 0.138. The molecule has 3 rings (SSSR count). The number of rotatable bonds is 16. The van der Waals surface area contributed by atoms with Crippen LogP contribution in [-0.4, -0.2) is 121 Å². The fourth-order valence-electron chi connectivity index (χ4n) is 4.13. The van der Waals surface area contributed by atoms with Crippen molar-refractivity contribution in [2.24, 2.45) is 0 Å². The Morgan fingerprint density at radius 3 is 1.70 bits per heavy atom. The predicted octanol–water partition coefficient (Wildman–Crippen LogP) is 0.0438. The fraction of sp³-hybridized carbons (Fsp3) is 0.400. The number of nitrogens with zero attached hydrogens (tertiary/aromatic N) is 4. The Kier molecular flexibility index (Phi) is 14.2. The van der Waals surface area contributed by atoms with Crippen molar-refractivity contribution in [2.75, 3.05) is 52.4 Å². The first-order valence-corrected chi connectivity index (χ1v) is 18.2. The van der Waals surface area contributed by atoms with E-state index in [2.05, 4.69) is 90.7 Å². The van der Waals surface area contributed by atoms with Gasteiger partial charge in [-0.15, -0.1) is 53.2 Å². The molecule has 0 aromatic heterocycles. The van der Waals surface area contributed by atoms with Crippen molar-refractivity contribution in [2.45, 2.75) is 0 Å². The first-order chi connectivity index (χ1) is 19.0. The van der Waals surface area contributed by atoms with E-state index in [0.29, 0.717) is 49.0 Å². The lowest BCUT2D eigenvalue weighted by molar-refractivity contribution is -0.138. The summed E-state index contributed by atoms with van der Waals surface area (Å²) in [5.41, 5.74) is 0.893. The van der Waals surface area contributed by atoms with Gasteiger partial charge in [0.1, 0.15) is 0 Å². The molecule has 3 aliphatic heterocycles. The number of imide groups is 3. The molecule has 40 heavy (non-hydrogen) atoms. The van der Waals surface area contributed by atoms with Crippen molar-refractivity contribution in [1.82, 2.24) is 24.9 Å². The molecule has 0 fully saturated rings. The minimum Gasteiger partial charge on any atom is -0.314 e. The van der Waals surface area contributed by atoms with Gasteiger partial charge in [-0.2, -0.15) is 40.6 Å². The smallest absolute Gasteiger partial charge is 0.278 e. The minimum atomic E-state index is -0.357. The monoisotopic (exact) mass is 938 g/mol. The van der Waals surface area contributed by atoms with Crippen molar-refractivity contribution in [1.29, 1.82) is 0 Å². The number of hydrogen-bond donors (Lipinski definition) is 1. The van der Waals surface area contributed by atoms with Crippen LogP contribution in [0.25, 0.3) is 0 Å². The predicted molar refractivity (Wildman–Crippen MR) is 191 cm³/mol. The molecule has 211 valence electrons. The summed E-state index contributed by atoms with van der Waals surface area (Å²) in [4.78, 5) is 82.2. The maximum absolute atomic E-state index is 12.7. The van der Waals surface area contributed by atoms with E-state index >= 15 is 0 Å². The Labute approximate surface area is 280 Å². The largest absolute Gasteiger partial charge is 0.314 e. The second-order valence-corrected chi connectivity index (χ2v) is 18.4. The van der Waals surface area contributed by atoms with Gasteiger partial charge >= 0.3 is 0 Å². The number of carbonyl (C=O) groups is 6. The third-order valence-electron chi connectivity index (χ3n) is 6.28. The lowest BCUT2D eigenvalue weighted by Crippen LogP contribution is -2.45. The number of amides is 6. The molecule has 1 radical (unpaired) electrons. The summed E-state index contributed by atoms with van der Waals surface area (Å²) >= 11 is 6.18. The molecule has 0 spiro atoms. The third-order valence-corrected chi connectivity index (χ3v) is 10.1. The normalized spacial score (nSPS) is 17.8. The van der Waals surface area contributed by atoms with Gasteiger partial charge in [0.2, 0.25) is 16.7 Å². The Bertz CT molecular complexity index is 1190. The number of hydrogen-bond acceptors (Lipinski definition) is 8. The summed E-state index contributed by atoms with van der Waals surface area (Å²) in [7, 11) is 5.16. The molecular weight excluding hydrogens is 912 g/mol. The summed E-state index contributed by atoms with van der Waals surface area (Å²) in [5.74, 6) is -1.93. The third kappa shape index (κ3) is 8.89. The van der Waals surface area contributed by atoms with Crippen LogP contribution in [0.5, 0.6) is 0 Å². The van der Waals surface area contributed by atoms with Gasteiger partial charge < -0.3 is 5.32 Å². The van der Waals surface area contributed by atoms with E-state index in [4.69, 9.17) is 0 Å². The van der Waals surface area contributed by atoms with Crippen molar-refractivity contribution >= 4 is 143 Å². The van der Waals surface area contributed by atoms with Crippen LogP contribution in [0.4, 0.5) is 0 Å². The molecule has 0 saturated heterocycles. The molecular formula is C20H25B3I3N5O6P3. The molecule has 1 N–H and O–H groups in total. The van der Waals surface area contributed by atoms with Crippen LogP contribution < -0.4 is 5.32 Å². The maximum atomic E-state index is 12.7. The summed E-state index contributed by atoms with van der Waals surface area (Å²) in [6.45, 7) is 2.64. The van der Waals surface area contributed by atoms with E-state index in [1.165, 1.54) is 32.9 Å². The van der Waals surface area contributed by atoms with Gasteiger partial charge in [0.05, 0.1) is 0 Å². The average molecular weight is 938 g/mol. The standard InChI is InChI=1S/C20H25B3I3N5O6P3/c24-21-40-14-11-17(34)31(20(14)37)8-6-28(5-7-30-16(33)10-13(19(30)36)23(26)39)3-1-27-2-4-29-15(32)9-12(18(29)35)22(25)38/h9-11,27,40H,1-8,38-39H2. The molecule has 20 heteroatoms. The van der Waals surface area contributed by atoms with Crippen LogP contribution in [0.2, 0.25) is 0 Å². The molecule has 3 heterocycles. The van der Waals surface area contributed by atoms with Crippen LogP contribution in [0.3, 0.4) is 0 Å². The zero-order valence-corrected chi connectivity index (χ0v) is 30.9. The number of nitrogens with one attached hydrogen (secondary N) is 1. The second kappa shape index (κ2) is 16.3. The highest BCUT2D eigenvalue weighted by Crippen LogP contribution is 2.30. The van der Waals surface area contributed by atoms with E-state index < -0.39 is 0 Å². The fourth-order valence-corrected chi connectivity index (χ4v) is 7.09. The van der Waals surface area contributed by atoms with Crippen molar-refractivity contribution in [3.63, 3.8) is 0 Å². The van der Waals surface area contributed by atoms with E-state index in [0.717, 1.165) is 0 Å². The highest BCUT2D eigenvalue weighted by Gasteiger charge is 2.35. The molecule has 6 amide bonds. The Hall–Kier alpha value is 0.235. The molecule has 3 aliphatic rings. The van der Waals surface area contributed by atoms with Crippen LogP contribution in [-0.2, 0) is 28.8 Å². The lowest BCUT2D eigenvalue weighted by Gasteiger charge is -2.27. The SMILES string of the molecule is O=C1C=C(P[B]I)C(=O)N1CCN(CCNCCN1C(=O)C=C(B(P)I)C1=O)CCN1C(=O)C=C(B(P)I)C1=O. The van der Waals surface area contributed by atoms with Gasteiger partial charge in [0, 0.05) is 86.8 Å². The summed E-state index contributed by atoms with van der Waals surface area (Å²) < 4.78 is -0.311. The molecule has 0 aromatic carbocycles. The second-order valence-electron chi connectivity index (χ2n) is 8.79. The zero-order valence-electron chi connectivity index (χ0n) is 21.1. The zero-order chi connectivity index (χ0) is 29.6. The van der Waals surface area contributed by atoms with E-state index in [9.17, 15) is 28.8 Å². The van der Waals surface area contributed by atoms with Crippen molar-refractivity contribution in [3.8, 4) is 0 Å². The van der Waals surface area contributed by atoms with Crippen LogP contribution in [0.1, 0.15) is 0 Å². The van der Waals surface area contributed by atoms with Crippen molar-refractivity contribution < 1.29 is 28.8 Å². The first-order valence-electron chi connectivity index (χ1n) is 12.1. The van der Waals surface area contributed by atoms with Gasteiger partial charge in [0.25, 0.3) is 32.2 Å². The molecule has 0 aromatic rings. The first kappa shape index (κ1) is 34.7. The Morgan fingerprint density at radius 2 is 1.23 bits per heavy atom. The molecule has 0 saturated carbocycles. The average Bonchev–Trinajstić information content (AvgIpc) is 3.45. The summed E-state index contributed by atoms with van der Waals surface area (Å²) in [5, 5.41) is 3.70. The van der Waals surface area contributed by atoms with Crippen LogP contribution in [0, 0.1) is 0 Å². The highest BCUT2D eigenvalue weighted by atomic mass is 127. The summed E-state index contributed by atoms with van der Waals surface area (Å²) in [6.07, 6.45) is 4.10. The van der Waals surface area contributed by atoms with E-state index in [1.807, 2.05) is 9.76 Å². The quantitative estimate of drug-likeness (QED) is 0.0758. The lowest BCUT2D eigenvalue weighted by atomic mass is 9.94. The van der Waals surface area contributed by atoms with Gasteiger partial charge in [0.15, 0.2) is 0 Å². The van der Waals surface area contributed by atoms with Crippen LogP contribution in [0.15, 0.2) is 34.5 Å². The molecule has 11 nitrogen and oxygen atoms in total. The molecule has 0 bridgehead atoms. The Balaban J connectivity index is 1.54.